The van der Waals surface area contributed by atoms with Gasteiger partial charge in [0.25, 0.3) is 22.3 Å². The van der Waals surface area contributed by atoms with Crippen LogP contribution in [-0.2, 0) is 30.9 Å². The van der Waals surface area contributed by atoms with Crippen molar-refractivity contribution in [2.24, 2.45) is 0 Å². The van der Waals surface area contributed by atoms with Gasteiger partial charge >= 0.3 is 0 Å². The summed E-state index contributed by atoms with van der Waals surface area (Å²) in [4.78, 5) is 49.4. The van der Waals surface area contributed by atoms with Crippen molar-refractivity contribution in [3.05, 3.63) is 0 Å². The van der Waals surface area contributed by atoms with E-state index < -0.39 is 5.25 Å². The number of carbonyl (C=O) groups excluding carboxylic acids is 4. The van der Waals surface area contributed by atoms with Gasteiger partial charge in [-0.05, 0) is 12.8 Å². The maximum Gasteiger partial charge on any atom is 0.288 e. The molecular weight excluding hydrogens is 324 g/mol. The molecule has 3 fully saturated rings. The molecule has 0 bridgehead atoms. The van der Waals surface area contributed by atoms with Gasteiger partial charge in [-0.1, -0.05) is 12.8 Å². The van der Waals surface area contributed by atoms with E-state index in [9.17, 15) is 19.2 Å². The smallest absolute Gasteiger partial charge is 0.282 e. The summed E-state index contributed by atoms with van der Waals surface area (Å²) < 4.78 is 0. The maximum atomic E-state index is 11.8. The Labute approximate surface area is 138 Å². The van der Waals surface area contributed by atoms with Crippen molar-refractivity contribution in [2.45, 2.75) is 47.9 Å². The molecule has 0 aromatic rings. The van der Waals surface area contributed by atoms with Crippen LogP contribution in [-0.4, -0.2) is 62.3 Å². The molecule has 0 aromatic heterocycles. The molecule has 0 spiro atoms. The Morgan fingerprint density at radius 1 is 0.864 bits per heavy atom. The fraction of sp³-hybridized carbons (Fsp3) is 0.714. The third-order valence-electron chi connectivity index (χ3n) is 4.30. The molecule has 0 aliphatic carbocycles. The zero-order valence-electron chi connectivity index (χ0n) is 12.1. The van der Waals surface area contributed by atoms with E-state index in [0.29, 0.717) is 13.1 Å². The second kappa shape index (κ2) is 6.23. The van der Waals surface area contributed by atoms with Gasteiger partial charge in [0.05, 0.1) is 5.25 Å². The first-order chi connectivity index (χ1) is 10.5. The van der Waals surface area contributed by atoms with Crippen LogP contribution in [0.4, 0.5) is 0 Å². The van der Waals surface area contributed by atoms with Gasteiger partial charge in [-0.2, -0.15) is 12.6 Å². The van der Waals surface area contributed by atoms with Crippen molar-refractivity contribution in [1.29, 1.82) is 0 Å². The highest BCUT2D eigenvalue weighted by Crippen LogP contribution is 2.34. The lowest BCUT2D eigenvalue weighted by atomic mass is 10.2. The van der Waals surface area contributed by atoms with E-state index in [4.69, 9.17) is 0 Å². The number of unbranched alkanes of at least 4 members (excludes halogenated alkanes) is 3. The third-order valence-corrected chi connectivity index (χ3v) is 6.04. The average molecular weight is 343 g/mol. The lowest BCUT2D eigenvalue weighted by Gasteiger charge is -2.15. The van der Waals surface area contributed by atoms with Crippen LogP contribution in [0.2, 0.25) is 0 Å². The first-order valence-corrected chi connectivity index (χ1v) is 9.13. The number of hydrogen-bond donors (Lipinski definition) is 1. The van der Waals surface area contributed by atoms with E-state index in [-0.39, 0.29) is 40.5 Å². The molecule has 22 heavy (non-hydrogen) atoms. The molecule has 0 N–H and O–H groups in total. The van der Waals surface area contributed by atoms with Crippen molar-refractivity contribution in [3.63, 3.8) is 0 Å². The molecule has 3 saturated heterocycles. The molecule has 6 nitrogen and oxygen atoms in total. The fourth-order valence-corrected chi connectivity index (χ4v) is 4.29. The van der Waals surface area contributed by atoms with Gasteiger partial charge in [0.1, 0.15) is 0 Å². The zero-order chi connectivity index (χ0) is 15.9. The van der Waals surface area contributed by atoms with Crippen LogP contribution in [0.1, 0.15) is 32.1 Å². The maximum absolute atomic E-state index is 11.8. The predicted molar refractivity (Wildman–Crippen MR) is 85.6 cm³/mol. The van der Waals surface area contributed by atoms with Crippen molar-refractivity contribution < 1.29 is 19.2 Å². The SMILES string of the molecule is O=C1C[C@H](S)C(=O)N1CCCCCCN1C(=O)C2[SH+]C2C1=O. The Hall–Kier alpha value is -1.02. The minimum absolute atomic E-state index is 0.00949. The van der Waals surface area contributed by atoms with Gasteiger partial charge in [-0.15, -0.1) is 0 Å². The number of thiol groups is 2. The van der Waals surface area contributed by atoms with Gasteiger partial charge in [0.15, 0.2) is 0 Å². The lowest BCUT2D eigenvalue weighted by Crippen LogP contribution is -2.35. The molecule has 4 amide bonds. The minimum atomic E-state index is -0.481. The molecule has 0 radical (unpaired) electrons. The summed E-state index contributed by atoms with van der Waals surface area (Å²) in [6.45, 7) is 0.944. The van der Waals surface area contributed by atoms with E-state index in [1.807, 2.05) is 0 Å². The standard InChI is InChI=1S/C14H18N2O4S2/c17-9-7-8(21)12(18)15(9)5-3-1-2-4-6-16-13(19)10-11(22-10)14(16)20/h8,10-11,21H,1-7H2/p+1/t8-,10?,11?/m0/s1. The van der Waals surface area contributed by atoms with Gasteiger partial charge < -0.3 is 0 Å². The van der Waals surface area contributed by atoms with E-state index >= 15 is 0 Å². The van der Waals surface area contributed by atoms with Gasteiger partial charge in [-0.25, -0.2) is 0 Å². The van der Waals surface area contributed by atoms with Crippen molar-refractivity contribution in [3.8, 4) is 0 Å². The van der Waals surface area contributed by atoms with Crippen molar-refractivity contribution in [2.75, 3.05) is 13.1 Å². The summed E-state index contributed by atoms with van der Waals surface area (Å²) in [6, 6.07) is 0. The quantitative estimate of drug-likeness (QED) is 0.223. The molecule has 3 rings (SSSR count). The lowest BCUT2D eigenvalue weighted by molar-refractivity contribution is -0.140. The van der Waals surface area contributed by atoms with Crippen molar-refractivity contribution in [1.82, 2.24) is 9.80 Å². The Kier molecular flexibility index (Phi) is 4.49. The molecule has 3 atom stereocenters. The summed E-state index contributed by atoms with van der Waals surface area (Å²) >= 11 is 5.06. The molecule has 3 aliphatic heterocycles. The highest BCUT2D eigenvalue weighted by Gasteiger charge is 2.70. The molecule has 2 unspecified atom stereocenters. The third kappa shape index (κ3) is 2.90. The number of nitrogens with zero attached hydrogens (tertiary/aromatic N) is 2. The Bertz CT molecular complexity index is 494. The first-order valence-electron chi connectivity index (χ1n) is 7.58. The molecule has 120 valence electrons. The van der Waals surface area contributed by atoms with E-state index in [2.05, 4.69) is 12.6 Å². The Balaban J connectivity index is 1.30. The van der Waals surface area contributed by atoms with Crippen LogP contribution in [0, 0.1) is 0 Å². The van der Waals surface area contributed by atoms with Crippen LogP contribution >= 0.6 is 12.6 Å². The summed E-state index contributed by atoms with van der Waals surface area (Å²) in [6.07, 6.45) is 3.48. The average Bonchev–Trinajstić information content (AvgIpc) is 3.19. The van der Waals surface area contributed by atoms with Gasteiger partial charge in [0.2, 0.25) is 11.8 Å². The van der Waals surface area contributed by atoms with Gasteiger partial charge in [0, 0.05) is 31.3 Å². The summed E-state index contributed by atoms with van der Waals surface area (Å²) in [5.74, 6) is -0.355. The van der Waals surface area contributed by atoms with Crippen LogP contribution in [0.25, 0.3) is 0 Å². The highest BCUT2D eigenvalue weighted by molar-refractivity contribution is 7.90. The number of rotatable bonds is 7. The number of carbonyl (C=O) groups is 4. The Morgan fingerprint density at radius 2 is 1.41 bits per heavy atom. The number of amides is 4. The van der Waals surface area contributed by atoms with E-state index in [0.717, 1.165) is 37.4 Å². The fourth-order valence-electron chi connectivity index (χ4n) is 2.96. The first kappa shape index (κ1) is 15.9. The minimum Gasteiger partial charge on any atom is -0.282 e. The molecule has 3 heterocycles. The van der Waals surface area contributed by atoms with Gasteiger partial charge in [-0.3, -0.25) is 29.0 Å². The second-order valence-electron chi connectivity index (χ2n) is 5.88. The van der Waals surface area contributed by atoms with Crippen LogP contribution in [0.15, 0.2) is 0 Å². The second-order valence-corrected chi connectivity index (χ2v) is 7.92. The zero-order valence-corrected chi connectivity index (χ0v) is 13.9. The topological polar surface area (TPSA) is 74.8 Å². The summed E-state index contributed by atoms with van der Waals surface area (Å²) in [5, 5.41) is -0.576. The van der Waals surface area contributed by atoms with Crippen LogP contribution < -0.4 is 0 Å². The number of fused-ring (bicyclic) bond motifs is 1. The monoisotopic (exact) mass is 343 g/mol. The van der Waals surface area contributed by atoms with Crippen LogP contribution in [0.3, 0.4) is 0 Å². The molecular formula is C14H19N2O4S2+. The predicted octanol–water partition coefficient (Wildman–Crippen LogP) is -0.461. The van der Waals surface area contributed by atoms with Crippen molar-refractivity contribution >= 4 is 48.0 Å². The molecule has 3 aliphatic rings. The van der Waals surface area contributed by atoms with E-state index in [1.54, 1.807) is 0 Å². The van der Waals surface area contributed by atoms with Crippen LogP contribution in [0.5, 0.6) is 0 Å². The molecule has 8 heteroatoms. The number of imide groups is 2. The number of hydrogen-bond acceptors (Lipinski definition) is 5. The number of likely N-dealkylation sites (tertiary alicyclic amines) is 2. The van der Waals surface area contributed by atoms with E-state index in [1.165, 1.54) is 9.80 Å². The summed E-state index contributed by atoms with van der Waals surface area (Å²) in [7, 11) is 0. The highest BCUT2D eigenvalue weighted by atomic mass is 32.2. The Morgan fingerprint density at radius 3 is 1.91 bits per heavy atom. The summed E-state index contributed by atoms with van der Waals surface area (Å²) in [5.41, 5.74) is 0. The largest absolute Gasteiger partial charge is 0.288 e. The molecule has 0 saturated carbocycles. The normalized spacial score (nSPS) is 30.5. The molecule has 0 aromatic carbocycles.